The second-order valence-corrected chi connectivity index (χ2v) is 7.01. The molecule has 2 amide bonds. The highest BCUT2D eigenvalue weighted by molar-refractivity contribution is 6.43. The van der Waals surface area contributed by atoms with Crippen LogP contribution in [0.5, 0.6) is 5.75 Å². The van der Waals surface area contributed by atoms with Gasteiger partial charge < -0.3 is 25.4 Å². The molecule has 0 saturated heterocycles. The summed E-state index contributed by atoms with van der Waals surface area (Å²) in [6.45, 7) is 3.68. The van der Waals surface area contributed by atoms with Crippen LogP contribution in [0.25, 0.3) is 0 Å². The molecule has 0 radical (unpaired) electrons. The van der Waals surface area contributed by atoms with Gasteiger partial charge in [-0.25, -0.2) is 0 Å². The van der Waals surface area contributed by atoms with E-state index in [1.165, 1.54) is 6.92 Å². The molecule has 0 spiro atoms. The first-order valence-corrected chi connectivity index (χ1v) is 9.43. The van der Waals surface area contributed by atoms with E-state index in [0.717, 1.165) is 16.7 Å². The SMILES string of the molecule is COc1cccc(CNC(=O)C(C)C(=O)NC(Cc2ccc(C)cc2)B(O)O)c1. The van der Waals surface area contributed by atoms with Gasteiger partial charge in [0.1, 0.15) is 11.7 Å². The summed E-state index contributed by atoms with van der Waals surface area (Å²) < 4.78 is 5.14. The van der Waals surface area contributed by atoms with Crippen molar-refractivity contribution in [3.05, 3.63) is 65.2 Å². The molecule has 8 heteroatoms. The van der Waals surface area contributed by atoms with Crippen molar-refractivity contribution in [2.75, 3.05) is 7.11 Å². The first-order valence-electron chi connectivity index (χ1n) is 9.43. The van der Waals surface area contributed by atoms with E-state index < -0.39 is 30.8 Å². The van der Waals surface area contributed by atoms with E-state index >= 15 is 0 Å². The van der Waals surface area contributed by atoms with Crippen LogP contribution in [0.2, 0.25) is 0 Å². The molecular weight excluding hydrogens is 371 g/mol. The van der Waals surface area contributed by atoms with Crippen LogP contribution in [0, 0.1) is 12.8 Å². The normalized spacial score (nSPS) is 12.6. The van der Waals surface area contributed by atoms with Crippen LogP contribution in [0.4, 0.5) is 0 Å². The number of aryl methyl sites for hydroxylation is 1. The number of carbonyl (C=O) groups excluding carboxylic acids is 2. The molecule has 2 aromatic rings. The van der Waals surface area contributed by atoms with Gasteiger partial charge in [0.2, 0.25) is 11.8 Å². The molecule has 7 nitrogen and oxygen atoms in total. The number of hydrogen-bond acceptors (Lipinski definition) is 5. The molecule has 0 heterocycles. The summed E-state index contributed by atoms with van der Waals surface area (Å²) in [5.74, 6) is -2.25. The van der Waals surface area contributed by atoms with Gasteiger partial charge in [-0.1, -0.05) is 42.0 Å². The zero-order chi connectivity index (χ0) is 21.4. The second kappa shape index (κ2) is 10.6. The summed E-state index contributed by atoms with van der Waals surface area (Å²) in [6.07, 6.45) is 0.238. The minimum absolute atomic E-state index is 0.238. The van der Waals surface area contributed by atoms with Crippen molar-refractivity contribution >= 4 is 18.9 Å². The third kappa shape index (κ3) is 6.92. The van der Waals surface area contributed by atoms with Crippen LogP contribution in [0.15, 0.2) is 48.5 Å². The van der Waals surface area contributed by atoms with E-state index in [1.807, 2.05) is 43.3 Å². The fraction of sp³-hybridized carbons (Fsp3) is 0.333. The predicted octanol–water partition coefficient (Wildman–Crippen LogP) is 0.995. The number of carbonyl (C=O) groups is 2. The maximum atomic E-state index is 12.4. The number of benzene rings is 2. The standard InChI is InChI=1S/C21H27BN2O5/c1-14-7-9-16(10-8-14)12-19(22(27)28)24-21(26)15(2)20(25)23-13-17-5-4-6-18(11-17)29-3/h4-11,15,19,27-28H,12-13H2,1-3H3,(H,23,25)(H,24,26). The van der Waals surface area contributed by atoms with Crippen LogP contribution >= 0.6 is 0 Å². The highest BCUT2D eigenvalue weighted by Gasteiger charge is 2.29. The monoisotopic (exact) mass is 398 g/mol. The number of nitrogens with one attached hydrogen (secondary N) is 2. The summed E-state index contributed by atoms with van der Waals surface area (Å²) >= 11 is 0. The molecule has 2 aromatic carbocycles. The van der Waals surface area contributed by atoms with Gasteiger partial charge in [0.15, 0.2) is 0 Å². The average Bonchev–Trinajstić information content (AvgIpc) is 2.72. The third-order valence-electron chi connectivity index (χ3n) is 4.65. The van der Waals surface area contributed by atoms with E-state index in [9.17, 15) is 19.6 Å². The van der Waals surface area contributed by atoms with Crippen LogP contribution in [0.3, 0.4) is 0 Å². The molecule has 0 aliphatic carbocycles. The minimum atomic E-state index is -1.74. The van der Waals surface area contributed by atoms with Gasteiger partial charge in [0.05, 0.1) is 13.1 Å². The number of rotatable bonds is 9. The van der Waals surface area contributed by atoms with Gasteiger partial charge in [-0.2, -0.15) is 0 Å². The number of hydrogen-bond donors (Lipinski definition) is 4. The lowest BCUT2D eigenvalue weighted by Gasteiger charge is -2.20. The Morgan fingerprint density at radius 3 is 2.38 bits per heavy atom. The van der Waals surface area contributed by atoms with Gasteiger partial charge >= 0.3 is 7.12 Å². The first-order chi connectivity index (χ1) is 13.8. The topological polar surface area (TPSA) is 108 Å². The lowest BCUT2D eigenvalue weighted by molar-refractivity contribution is -0.134. The maximum Gasteiger partial charge on any atom is 0.475 e. The van der Waals surface area contributed by atoms with Crippen LogP contribution in [-0.2, 0) is 22.6 Å². The Morgan fingerprint density at radius 1 is 1.07 bits per heavy atom. The second-order valence-electron chi connectivity index (χ2n) is 7.01. The Balaban J connectivity index is 1.92. The molecule has 0 fully saturated rings. The fourth-order valence-corrected chi connectivity index (χ4v) is 2.76. The van der Waals surface area contributed by atoms with Gasteiger partial charge in [-0.15, -0.1) is 0 Å². The van der Waals surface area contributed by atoms with Crippen molar-refractivity contribution in [1.82, 2.24) is 10.6 Å². The largest absolute Gasteiger partial charge is 0.497 e. The Kier molecular flexibility index (Phi) is 8.24. The van der Waals surface area contributed by atoms with E-state index in [2.05, 4.69) is 10.6 Å². The zero-order valence-corrected chi connectivity index (χ0v) is 16.9. The summed E-state index contributed by atoms with van der Waals surface area (Å²) in [4.78, 5) is 24.8. The maximum absolute atomic E-state index is 12.4. The van der Waals surface area contributed by atoms with Gasteiger partial charge in [-0.05, 0) is 43.5 Å². The third-order valence-corrected chi connectivity index (χ3v) is 4.65. The molecule has 0 aromatic heterocycles. The molecule has 2 atom stereocenters. The molecule has 2 rings (SSSR count). The zero-order valence-electron chi connectivity index (χ0n) is 16.9. The molecule has 29 heavy (non-hydrogen) atoms. The van der Waals surface area contributed by atoms with Crippen molar-refractivity contribution in [2.24, 2.45) is 5.92 Å². The van der Waals surface area contributed by atoms with Crippen LogP contribution in [0.1, 0.15) is 23.6 Å². The molecule has 4 N–H and O–H groups in total. The average molecular weight is 398 g/mol. The van der Waals surface area contributed by atoms with Crippen molar-refractivity contribution < 1.29 is 24.4 Å². The lowest BCUT2D eigenvalue weighted by atomic mass is 9.75. The molecule has 154 valence electrons. The van der Waals surface area contributed by atoms with Crippen molar-refractivity contribution in [1.29, 1.82) is 0 Å². The predicted molar refractivity (Wildman–Crippen MR) is 111 cm³/mol. The van der Waals surface area contributed by atoms with Crippen LogP contribution < -0.4 is 15.4 Å². The Labute approximate surface area is 171 Å². The van der Waals surface area contributed by atoms with Gasteiger partial charge in [0, 0.05) is 6.54 Å². The molecule has 0 aliphatic rings. The molecule has 2 unspecified atom stereocenters. The summed E-state index contributed by atoms with van der Waals surface area (Å²) in [6, 6.07) is 14.8. The summed E-state index contributed by atoms with van der Waals surface area (Å²) in [5, 5.41) is 24.5. The Morgan fingerprint density at radius 2 is 1.76 bits per heavy atom. The van der Waals surface area contributed by atoms with Gasteiger partial charge in [-0.3, -0.25) is 9.59 Å². The molecule has 0 aliphatic heterocycles. The molecule has 0 saturated carbocycles. The fourth-order valence-electron chi connectivity index (χ4n) is 2.76. The summed E-state index contributed by atoms with van der Waals surface area (Å²) in [7, 11) is -0.181. The smallest absolute Gasteiger partial charge is 0.475 e. The van der Waals surface area contributed by atoms with Crippen molar-refractivity contribution in [3.8, 4) is 5.75 Å². The van der Waals surface area contributed by atoms with Crippen molar-refractivity contribution in [2.45, 2.75) is 32.8 Å². The van der Waals surface area contributed by atoms with E-state index in [4.69, 9.17) is 4.74 Å². The lowest BCUT2D eigenvalue weighted by Crippen LogP contribution is -2.51. The van der Waals surface area contributed by atoms with E-state index in [-0.39, 0.29) is 13.0 Å². The first kappa shape index (κ1) is 22.5. The minimum Gasteiger partial charge on any atom is -0.497 e. The quantitative estimate of drug-likeness (QED) is 0.372. The number of amides is 2. The van der Waals surface area contributed by atoms with E-state index in [0.29, 0.717) is 5.75 Å². The van der Waals surface area contributed by atoms with Crippen LogP contribution in [-0.4, -0.2) is 42.0 Å². The van der Waals surface area contributed by atoms with Crippen molar-refractivity contribution in [3.63, 3.8) is 0 Å². The van der Waals surface area contributed by atoms with Gasteiger partial charge in [0.25, 0.3) is 0 Å². The Bertz CT molecular complexity index is 826. The highest BCUT2D eigenvalue weighted by atomic mass is 16.5. The molecule has 0 bridgehead atoms. The molecular formula is C21H27BN2O5. The Hall–Kier alpha value is -2.84. The van der Waals surface area contributed by atoms with E-state index in [1.54, 1.807) is 19.2 Å². The highest BCUT2D eigenvalue weighted by Crippen LogP contribution is 2.12. The number of methoxy groups -OCH3 is 1. The summed E-state index contributed by atoms with van der Waals surface area (Å²) in [5.41, 5.74) is 2.78. The number of ether oxygens (including phenoxy) is 1.